The molecular formula is C17H21NO2. The Morgan fingerprint density at radius 3 is 2.95 bits per heavy atom. The molecule has 2 fully saturated rings. The smallest absolute Gasteiger partial charge is 0.134 e. The number of carbonyl (C=O) groups is 1. The zero-order valence-corrected chi connectivity index (χ0v) is 11.9. The monoisotopic (exact) mass is 271 g/mol. The fourth-order valence-corrected chi connectivity index (χ4v) is 4.99. The van der Waals surface area contributed by atoms with E-state index in [4.69, 9.17) is 0 Å². The fraction of sp³-hybridized carbons (Fsp3) is 0.588. The van der Waals surface area contributed by atoms with Gasteiger partial charge in [-0.1, -0.05) is 24.3 Å². The molecule has 20 heavy (non-hydrogen) atoms. The van der Waals surface area contributed by atoms with E-state index in [1.165, 1.54) is 11.1 Å². The van der Waals surface area contributed by atoms with E-state index in [0.717, 1.165) is 19.4 Å². The number of likely N-dealkylation sites (tertiary alicyclic amines) is 1. The van der Waals surface area contributed by atoms with Crippen LogP contribution in [0.25, 0.3) is 0 Å². The van der Waals surface area contributed by atoms with Gasteiger partial charge < -0.3 is 10.0 Å². The normalized spacial score (nSPS) is 40.1. The third-order valence-corrected chi connectivity index (χ3v) is 6.03. The van der Waals surface area contributed by atoms with E-state index in [9.17, 15) is 9.90 Å². The summed E-state index contributed by atoms with van der Waals surface area (Å²) < 4.78 is 0. The van der Waals surface area contributed by atoms with Crippen molar-refractivity contribution in [2.75, 3.05) is 13.6 Å². The molecule has 1 heterocycles. The number of ketones is 1. The molecule has 1 aromatic rings. The lowest BCUT2D eigenvalue weighted by molar-refractivity contribution is -0.168. The van der Waals surface area contributed by atoms with Gasteiger partial charge in [-0.2, -0.15) is 0 Å². The van der Waals surface area contributed by atoms with Crippen molar-refractivity contribution in [1.29, 1.82) is 0 Å². The largest absolute Gasteiger partial charge is 0.387 e. The molecule has 2 bridgehead atoms. The molecule has 3 atom stereocenters. The lowest BCUT2D eigenvalue weighted by Crippen LogP contribution is -2.72. The first-order valence-electron chi connectivity index (χ1n) is 7.59. The first-order valence-corrected chi connectivity index (χ1v) is 7.59. The van der Waals surface area contributed by atoms with Crippen LogP contribution in [-0.4, -0.2) is 41.0 Å². The van der Waals surface area contributed by atoms with E-state index in [0.29, 0.717) is 25.0 Å². The van der Waals surface area contributed by atoms with E-state index in [1.54, 1.807) is 0 Å². The van der Waals surface area contributed by atoms with Gasteiger partial charge in [0, 0.05) is 24.3 Å². The standard InChI is InChI=1S/C17H21NO2/c1-18-9-8-16-11-13(19)6-7-17(16,20)15(18)10-12-4-2-3-5-14(12)16/h2-5,15,20H,6-11H2,1H3/t15-,16-,17-/m1/s1. The molecule has 2 aliphatic carbocycles. The molecule has 1 N–H and O–H groups in total. The van der Waals surface area contributed by atoms with Gasteiger partial charge in [0.15, 0.2) is 0 Å². The van der Waals surface area contributed by atoms with Crippen molar-refractivity contribution >= 4 is 5.78 Å². The van der Waals surface area contributed by atoms with Crippen LogP contribution < -0.4 is 0 Å². The Morgan fingerprint density at radius 2 is 2.10 bits per heavy atom. The van der Waals surface area contributed by atoms with Crippen molar-refractivity contribution in [3.05, 3.63) is 35.4 Å². The maximum absolute atomic E-state index is 12.1. The number of piperidine rings is 1. The number of likely N-dealkylation sites (N-methyl/N-ethyl adjacent to an activating group) is 1. The maximum Gasteiger partial charge on any atom is 0.134 e. The first-order chi connectivity index (χ1) is 9.57. The third kappa shape index (κ3) is 1.35. The van der Waals surface area contributed by atoms with Gasteiger partial charge in [0.25, 0.3) is 0 Å². The highest BCUT2D eigenvalue weighted by atomic mass is 16.3. The number of fused-ring (bicyclic) bond motifs is 1. The number of Topliss-reactive ketones (excluding diaryl/α,β-unsaturated/α-hetero) is 1. The van der Waals surface area contributed by atoms with Crippen LogP contribution in [0.3, 0.4) is 0 Å². The Bertz CT molecular complexity index is 584. The van der Waals surface area contributed by atoms with Crippen molar-refractivity contribution in [2.45, 2.75) is 49.2 Å². The summed E-state index contributed by atoms with van der Waals surface area (Å²) in [6.07, 6.45) is 3.46. The van der Waals surface area contributed by atoms with Crippen LogP contribution in [0, 0.1) is 0 Å². The van der Waals surface area contributed by atoms with Crippen molar-refractivity contribution in [3.63, 3.8) is 0 Å². The highest BCUT2D eigenvalue weighted by molar-refractivity contribution is 5.82. The average Bonchev–Trinajstić information content (AvgIpc) is 2.44. The summed E-state index contributed by atoms with van der Waals surface area (Å²) in [7, 11) is 2.11. The van der Waals surface area contributed by atoms with Gasteiger partial charge in [-0.05, 0) is 44.0 Å². The number of carbonyl (C=O) groups excluding carboxylic acids is 1. The van der Waals surface area contributed by atoms with Gasteiger partial charge in [0.05, 0.1) is 5.60 Å². The van der Waals surface area contributed by atoms with Gasteiger partial charge in [-0.25, -0.2) is 0 Å². The zero-order chi connectivity index (χ0) is 14.0. The molecule has 1 saturated heterocycles. The minimum Gasteiger partial charge on any atom is -0.387 e. The highest BCUT2D eigenvalue weighted by Gasteiger charge is 2.63. The number of nitrogens with zero attached hydrogens (tertiary/aromatic N) is 1. The molecule has 0 amide bonds. The van der Waals surface area contributed by atoms with Crippen molar-refractivity contribution < 1.29 is 9.90 Å². The highest BCUT2D eigenvalue weighted by Crippen LogP contribution is 2.56. The minimum absolute atomic E-state index is 0.152. The minimum atomic E-state index is -0.734. The third-order valence-electron chi connectivity index (χ3n) is 6.03. The first kappa shape index (κ1) is 12.5. The SMILES string of the molecule is CN1CC[C@]23CC(=O)CC[C@@]2(O)[C@H]1Cc1ccccc13. The quantitative estimate of drug-likeness (QED) is 0.780. The van der Waals surface area contributed by atoms with E-state index in [2.05, 4.69) is 30.1 Å². The van der Waals surface area contributed by atoms with Crippen molar-refractivity contribution in [3.8, 4) is 0 Å². The summed E-state index contributed by atoms with van der Waals surface area (Å²) in [5, 5.41) is 11.5. The lowest BCUT2D eigenvalue weighted by Gasteiger charge is -2.62. The molecule has 0 aromatic heterocycles. The number of rotatable bonds is 0. The summed E-state index contributed by atoms with van der Waals surface area (Å²) in [5.41, 5.74) is 1.49. The molecule has 1 saturated carbocycles. The number of aliphatic hydroxyl groups is 1. The van der Waals surface area contributed by atoms with Gasteiger partial charge >= 0.3 is 0 Å². The predicted octanol–water partition coefficient (Wildman–Crippen LogP) is 1.67. The second kappa shape index (κ2) is 3.92. The van der Waals surface area contributed by atoms with Crippen LogP contribution >= 0.6 is 0 Å². The Balaban J connectivity index is 1.97. The molecule has 3 aliphatic rings. The molecule has 4 rings (SSSR count). The molecule has 1 aliphatic heterocycles. The zero-order valence-electron chi connectivity index (χ0n) is 11.9. The Kier molecular flexibility index (Phi) is 2.46. The molecule has 0 unspecified atom stereocenters. The number of hydrogen-bond acceptors (Lipinski definition) is 3. The Labute approximate surface area is 119 Å². The summed E-state index contributed by atoms with van der Waals surface area (Å²) in [4.78, 5) is 14.4. The van der Waals surface area contributed by atoms with E-state index in [1.807, 2.05) is 6.07 Å². The fourth-order valence-electron chi connectivity index (χ4n) is 4.99. The summed E-state index contributed by atoms with van der Waals surface area (Å²) >= 11 is 0. The number of benzene rings is 1. The summed E-state index contributed by atoms with van der Waals surface area (Å²) in [5.74, 6) is 0.315. The van der Waals surface area contributed by atoms with Gasteiger partial charge in [0.1, 0.15) is 5.78 Å². The van der Waals surface area contributed by atoms with E-state index >= 15 is 0 Å². The molecule has 106 valence electrons. The average molecular weight is 271 g/mol. The van der Waals surface area contributed by atoms with Crippen LogP contribution in [0.1, 0.15) is 36.8 Å². The molecular weight excluding hydrogens is 250 g/mol. The molecule has 3 nitrogen and oxygen atoms in total. The van der Waals surface area contributed by atoms with Crippen molar-refractivity contribution in [2.24, 2.45) is 0 Å². The van der Waals surface area contributed by atoms with Crippen LogP contribution in [0.2, 0.25) is 0 Å². The van der Waals surface area contributed by atoms with E-state index in [-0.39, 0.29) is 11.5 Å². The maximum atomic E-state index is 12.1. The molecule has 3 heteroatoms. The topological polar surface area (TPSA) is 40.5 Å². The Morgan fingerprint density at radius 1 is 1.30 bits per heavy atom. The van der Waals surface area contributed by atoms with Crippen molar-refractivity contribution in [1.82, 2.24) is 4.90 Å². The lowest BCUT2D eigenvalue weighted by atomic mass is 9.49. The second-order valence-corrected chi connectivity index (χ2v) is 6.83. The van der Waals surface area contributed by atoms with Gasteiger partial charge in [-0.3, -0.25) is 4.79 Å². The predicted molar refractivity (Wildman–Crippen MR) is 76.7 cm³/mol. The molecule has 0 radical (unpaired) electrons. The molecule has 0 spiro atoms. The van der Waals surface area contributed by atoms with Crippen LogP contribution in [0.15, 0.2) is 24.3 Å². The van der Waals surface area contributed by atoms with Crippen LogP contribution in [0.5, 0.6) is 0 Å². The van der Waals surface area contributed by atoms with Gasteiger partial charge in [-0.15, -0.1) is 0 Å². The molecule has 1 aromatic carbocycles. The van der Waals surface area contributed by atoms with E-state index < -0.39 is 5.60 Å². The number of hydrogen-bond donors (Lipinski definition) is 1. The Hall–Kier alpha value is -1.19. The summed E-state index contributed by atoms with van der Waals surface area (Å²) in [6, 6.07) is 8.58. The van der Waals surface area contributed by atoms with Gasteiger partial charge in [0.2, 0.25) is 0 Å². The second-order valence-electron chi connectivity index (χ2n) is 6.83. The van der Waals surface area contributed by atoms with Crippen LogP contribution in [0.4, 0.5) is 0 Å². The summed E-state index contributed by atoms with van der Waals surface area (Å²) in [6.45, 7) is 0.967. The van der Waals surface area contributed by atoms with Crippen LogP contribution in [-0.2, 0) is 16.6 Å².